The zero-order chi connectivity index (χ0) is 19.7. The minimum atomic E-state index is -1.01. The Hall–Kier alpha value is -2.30. The average Bonchev–Trinajstić information content (AvgIpc) is 2.63. The Morgan fingerprint density at radius 1 is 1.11 bits per heavy atom. The molecule has 0 bridgehead atoms. The standard InChI is InChI=1S/C21H19Cl2NO3/c1-3-4-15(21(26)27)19-18(12-5-7-13(22)8-6-12)16-11-14(23)9-10-17(16)24(2)20(19)25/h5-11,15H,3-4H2,1-2H3,(H,26,27). The van der Waals surface area contributed by atoms with Gasteiger partial charge < -0.3 is 9.67 Å². The zero-order valence-corrected chi connectivity index (χ0v) is 16.5. The molecule has 3 rings (SSSR count). The van der Waals surface area contributed by atoms with E-state index in [1.165, 1.54) is 4.57 Å². The molecule has 1 aromatic heterocycles. The molecule has 1 heterocycles. The molecule has 1 N–H and O–H groups in total. The van der Waals surface area contributed by atoms with E-state index in [-0.39, 0.29) is 11.1 Å². The number of hydrogen-bond donors (Lipinski definition) is 1. The fraction of sp³-hybridized carbons (Fsp3) is 0.238. The summed E-state index contributed by atoms with van der Waals surface area (Å²) >= 11 is 12.2. The number of carboxylic acid groups (broad SMARTS) is 1. The van der Waals surface area contributed by atoms with Crippen molar-refractivity contribution in [2.24, 2.45) is 7.05 Å². The van der Waals surface area contributed by atoms with E-state index in [9.17, 15) is 14.7 Å². The third-order valence-electron chi connectivity index (χ3n) is 4.75. The van der Waals surface area contributed by atoms with Crippen LogP contribution in [0.25, 0.3) is 22.0 Å². The van der Waals surface area contributed by atoms with Gasteiger partial charge in [0.25, 0.3) is 5.56 Å². The molecule has 0 saturated heterocycles. The molecular formula is C21H19Cl2NO3. The molecule has 0 fully saturated rings. The molecule has 0 radical (unpaired) electrons. The Labute approximate surface area is 167 Å². The Kier molecular flexibility index (Phi) is 5.59. The third kappa shape index (κ3) is 3.60. The molecule has 0 amide bonds. The van der Waals surface area contributed by atoms with Gasteiger partial charge in [-0.05, 0) is 42.3 Å². The van der Waals surface area contributed by atoms with Crippen LogP contribution < -0.4 is 5.56 Å². The highest BCUT2D eigenvalue weighted by Crippen LogP contribution is 2.37. The summed E-state index contributed by atoms with van der Waals surface area (Å²) in [5.74, 6) is -1.91. The van der Waals surface area contributed by atoms with Gasteiger partial charge in [-0.2, -0.15) is 0 Å². The smallest absolute Gasteiger partial charge is 0.311 e. The van der Waals surface area contributed by atoms with Gasteiger partial charge in [0.1, 0.15) is 0 Å². The van der Waals surface area contributed by atoms with Crippen LogP contribution in [0.1, 0.15) is 31.2 Å². The summed E-state index contributed by atoms with van der Waals surface area (Å²) in [6.07, 6.45) is 1.02. The molecule has 1 unspecified atom stereocenters. The number of carbonyl (C=O) groups is 1. The van der Waals surface area contributed by atoms with Crippen molar-refractivity contribution in [1.29, 1.82) is 0 Å². The lowest BCUT2D eigenvalue weighted by Gasteiger charge is -2.20. The number of aliphatic carboxylic acids is 1. The summed E-state index contributed by atoms with van der Waals surface area (Å²) in [6.45, 7) is 1.90. The first-order valence-electron chi connectivity index (χ1n) is 8.66. The molecule has 140 valence electrons. The van der Waals surface area contributed by atoms with E-state index in [1.807, 2.05) is 6.92 Å². The Bertz CT molecular complexity index is 1070. The molecule has 27 heavy (non-hydrogen) atoms. The number of pyridine rings is 1. The maximum absolute atomic E-state index is 13.2. The van der Waals surface area contributed by atoms with Crippen LogP contribution in [0, 0.1) is 0 Å². The van der Waals surface area contributed by atoms with Gasteiger partial charge in [-0.15, -0.1) is 0 Å². The predicted octanol–water partition coefficient (Wildman–Crippen LogP) is 5.48. The van der Waals surface area contributed by atoms with E-state index < -0.39 is 11.9 Å². The van der Waals surface area contributed by atoms with Gasteiger partial charge in [0.05, 0.1) is 11.4 Å². The number of aromatic nitrogens is 1. The monoisotopic (exact) mass is 403 g/mol. The topological polar surface area (TPSA) is 59.3 Å². The zero-order valence-electron chi connectivity index (χ0n) is 15.0. The minimum absolute atomic E-state index is 0.281. The average molecular weight is 404 g/mol. The van der Waals surface area contributed by atoms with Crippen LogP contribution in [0.15, 0.2) is 47.3 Å². The van der Waals surface area contributed by atoms with Crippen molar-refractivity contribution < 1.29 is 9.90 Å². The van der Waals surface area contributed by atoms with Crippen LogP contribution in [-0.2, 0) is 11.8 Å². The Morgan fingerprint density at radius 3 is 2.33 bits per heavy atom. The van der Waals surface area contributed by atoms with Gasteiger partial charge >= 0.3 is 5.97 Å². The number of fused-ring (bicyclic) bond motifs is 1. The number of nitrogens with zero attached hydrogens (tertiary/aromatic N) is 1. The van der Waals surface area contributed by atoms with Crippen molar-refractivity contribution in [1.82, 2.24) is 4.57 Å². The van der Waals surface area contributed by atoms with Crippen molar-refractivity contribution in [3.05, 3.63) is 68.4 Å². The molecule has 0 aliphatic carbocycles. The van der Waals surface area contributed by atoms with E-state index in [2.05, 4.69) is 0 Å². The molecule has 2 aromatic carbocycles. The quantitative estimate of drug-likeness (QED) is 0.613. The van der Waals surface area contributed by atoms with E-state index in [4.69, 9.17) is 23.2 Å². The molecule has 3 aromatic rings. The molecule has 4 nitrogen and oxygen atoms in total. The van der Waals surface area contributed by atoms with Crippen LogP contribution in [0.2, 0.25) is 10.0 Å². The number of halogens is 2. The lowest BCUT2D eigenvalue weighted by Crippen LogP contribution is -2.28. The van der Waals surface area contributed by atoms with Gasteiger partial charge in [-0.1, -0.05) is 48.7 Å². The van der Waals surface area contributed by atoms with Crippen molar-refractivity contribution in [3.8, 4) is 11.1 Å². The molecule has 0 aliphatic rings. The van der Waals surface area contributed by atoms with Gasteiger partial charge in [0, 0.05) is 33.6 Å². The van der Waals surface area contributed by atoms with Gasteiger partial charge in [0.2, 0.25) is 0 Å². The van der Waals surface area contributed by atoms with Crippen LogP contribution in [0.3, 0.4) is 0 Å². The number of rotatable bonds is 5. The van der Waals surface area contributed by atoms with Crippen LogP contribution in [0.4, 0.5) is 0 Å². The van der Waals surface area contributed by atoms with E-state index in [0.29, 0.717) is 34.0 Å². The first-order valence-corrected chi connectivity index (χ1v) is 9.41. The molecular weight excluding hydrogens is 385 g/mol. The second-order valence-electron chi connectivity index (χ2n) is 6.50. The SMILES string of the molecule is CCCC(C(=O)O)c1c(-c2ccc(Cl)cc2)c2cc(Cl)ccc2n(C)c1=O. The highest BCUT2D eigenvalue weighted by molar-refractivity contribution is 6.31. The second kappa shape index (κ2) is 7.75. The lowest BCUT2D eigenvalue weighted by atomic mass is 9.86. The second-order valence-corrected chi connectivity index (χ2v) is 7.37. The van der Waals surface area contributed by atoms with Gasteiger partial charge in [0.15, 0.2) is 0 Å². The maximum atomic E-state index is 13.2. The fourth-order valence-corrected chi connectivity index (χ4v) is 3.77. The van der Waals surface area contributed by atoms with Crippen molar-refractivity contribution in [3.63, 3.8) is 0 Å². The Balaban J connectivity index is 2.51. The number of benzene rings is 2. The summed E-state index contributed by atoms with van der Waals surface area (Å²) in [5.41, 5.74) is 2.01. The molecule has 0 aliphatic heterocycles. The van der Waals surface area contributed by atoms with Crippen LogP contribution in [-0.4, -0.2) is 15.6 Å². The van der Waals surface area contributed by atoms with Crippen molar-refractivity contribution in [2.75, 3.05) is 0 Å². The van der Waals surface area contributed by atoms with Crippen LogP contribution in [0.5, 0.6) is 0 Å². The fourth-order valence-electron chi connectivity index (χ4n) is 3.47. The Morgan fingerprint density at radius 2 is 1.74 bits per heavy atom. The van der Waals surface area contributed by atoms with E-state index in [1.54, 1.807) is 49.5 Å². The first-order chi connectivity index (χ1) is 12.8. The van der Waals surface area contributed by atoms with Gasteiger partial charge in [-0.3, -0.25) is 9.59 Å². The maximum Gasteiger partial charge on any atom is 0.311 e. The minimum Gasteiger partial charge on any atom is -0.481 e. The highest BCUT2D eigenvalue weighted by Gasteiger charge is 2.28. The number of hydrogen-bond acceptors (Lipinski definition) is 2. The molecule has 0 spiro atoms. The largest absolute Gasteiger partial charge is 0.481 e. The summed E-state index contributed by atoms with van der Waals surface area (Å²) in [6, 6.07) is 12.3. The first kappa shape index (κ1) is 19.5. The van der Waals surface area contributed by atoms with Crippen molar-refractivity contribution >= 4 is 40.1 Å². The summed E-state index contributed by atoms with van der Waals surface area (Å²) in [7, 11) is 1.65. The van der Waals surface area contributed by atoms with Gasteiger partial charge in [-0.25, -0.2) is 0 Å². The summed E-state index contributed by atoms with van der Waals surface area (Å²) in [4.78, 5) is 25.2. The molecule has 0 saturated carbocycles. The predicted molar refractivity (Wildman–Crippen MR) is 110 cm³/mol. The van der Waals surface area contributed by atoms with Crippen molar-refractivity contribution in [2.45, 2.75) is 25.7 Å². The molecule has 6 heteroatoms. The lowest BCUT2D eigenvalue weighted by molar-refractivity contribution is -0.139. The van der Waals surface area contributed by atoms with E-state index in [0.717, 1.165) is 10.9 Å². The van der Waals surface area contributed by atoms with E-state index >= 15 is 0 Å². The summed E-state index contributed by atoms with van der Waals surface area (Å²) in [5, 5.41) is 11.6. The van der Waals surface area contributed by atoms with Crippen LogP contribution >= 0.6 is 23.2 Å². The number of carboxylic acids is 1. The third-order valence-corrected chi connectivity index (χ3v) is 5.24. The highest BCUT2D eigenvalue weighted by atomic mass is 35.5. The number of aryl methyl sites for hydroxylation is 1. The summed E-state index contributed by atoms with van der Waals surface area (Å²) < 4.78 is 1.49. The normalized spacial score (nSPS) is 12.3. The molecule has 1 atom stereocenters.